The second-order valence-electron chi connectivity index (χ2n) is 7.05. The number of anilines is 2. The summed E-state index contributed by atoms with van der Waals surface area (Å²) in [7, 11) is 1.65. The van der Waals surface area contributed by atoms with Crippen LogP contribution in [0.15, 0.2) is 48.5 Å². The predicted octanol–water partition coefficient (Wildman–Crippen LogP) is 4.60. The van der Waals surface area contributed by atoms with Crippen LogP contribution in [0.2, 0.25) is 0 Å². The summed E-state index contributed by atoms with van der Waals surface area (Å²) in [4.78, 5) is 14.4. The van der Waals surface area contributed by atoms with Gasteiger partial charge < -0.3 is 14.8 Å². The maximum Gasteiger partial charge on any atom is 0.414 e. The highest BCUT2D eigenvalue weighted by Crippen LogP contribution is 2.38. The van der Waals surface area contributed by atoms with Gasteiger partial charge in [-0.1, -0.05) is 30.3 Å². The van der Waals surface area contributed by atoms with Crippen molar-refractivity contribution in [3.05, 3.63) is 54.1 Å². The van der Waals surface area contributed by atoms with E-state index in [0.29, 0.717) is 6.54 Å². The number of para-hydroxylation sites is 3. The Kier molecular flexibility index (Phi) is 4.57. The fraction of sp³-hybridized carbons (Fsp3) is 0.350. The molecule has 0 aliphatic carbocycles. The zero-order valence-electron chi connectivity index (χ0n) is 15.1. The summed E-state index contributed by atoms with van der Waals surface area (Å²) in [5, 5.41) is 3.51. The van der Waals surface area contributed by atoms with Gasteiger partial charge in [-0.3, -0.25) is 4.90 Å². The smallest absolute Gasteiger partial charge is 0.414 e. The van der Waals surface area contributed by atoms with Crippen molar-refractivity contribution in [3.63, 3.8) is 0 Å². The van der Waals surface area contributed by atoms with Crippen molar-refractivity contribution in [1.29, 1.82) is 0 Å². The van der Waals surface area contributed by atoms with Crippen LogP contribution in [0, 0.1) is 0 Å². The lowest BCUT2D eigenvalue weighted by Crippen LogP contribution is -2.43. The molecule has 0 fully saturated rings. The Morgan fingerprint density at radius 2 is 1.80 bits per heavy atom. The number of fused-ring (bicyclic) bond motifs is 1. The van der Waals surface area contributed by atoms with Crippen molar-refractivity contribution in [2.45, 2.75) is 32.4 Å². The van der Waals surface area contributed by atoms with Gasteiger partial charge in [0.15, 0.2) is 0 Å². The molecule has 0 aromatic heterocycles. The topological polar surface area (TPSA) is 50.8 Å². The Morgan fingerprint density at radius 3 is 2.52 bits per heavy atom. The number of nitrogens with one attached hydrogen (secondary N) is 1. The third-order valence-corrected chi connectivity index (χ3v) is 4.02. The third-order valence-electron chi connectivity index (χ3n) is 4.02. The molecule has 132 valence electrons. The SMILES string of the molecule is COc1ccccc1[C@H]1CN(C(=O)OC(C)(C)C)c2ccccc2N1. The number of rotatable bonds is 2. The average Bonchev–Trinajstić information content (AvgIpc) is 2.59. The van der Waals surface area contributed by atoms with Crippen LogP contribution >= 0.6 is 0 Å². The van der Waals surface area contributed by atoms with E-state index >= 15 is 0 Å². The van der Waals surface area contributed by atoms with Gasteiger partial charge in [-0.05, 0) is 39.0 Å². The largest absolute Gasteiger partial charge is 0.496 e. The molecule has 3 rings (SSSR count). The summed E-state index contributed by atoms with van der Waals surface area (Å²) in [6, 6.07) is 15.5. The first-order valence-corrected chi connectivity index (χ1v) is 8.38. The molecule has 0 bridgehead atoms. The molecule has 1 aliphatic heterocycles. The fourth-order valence-electron chi connectivity index (χ4n) is 2.97. The molecule has 0 spiro atoms. The summed E-state index contributed by atoms with van der Waals surface area (Å²) in [5.74, 6) is 0.795. The molecular formula is C20H24N2O3. The first-order valence-electron chi connectivity index (χ1n) is 8.38. The molecule has 2 aromatic rings. The van der Waals surface area contributed by atoms with Crippen LogP contribution in [-0.2, 0) is 4.74 Å². The number of ether oxygens (including phenoxy) is 2. The monoisotopic (exact) mass is 340 g/mol. The number of amides is 1. The van der Waals surface area contributed by atoms with E-state index in [-0.39, 0.29) is 12.1 Å². The van der Waals surface area contributed by atoms with Crippen molar-refractivity contribution in [2.24, 2.45) is 0 Å². The molecule has 0 saturated heterocycles. The summed E-state index contributed by atoms with van der Waals surface area (Å²) in [6.45, 7) is 6.08. The molecule has 0 saturated carbocycles. The molecule has 1 atom stereocenters. The van der Waals surface area contributed by atoms with Crippen molar-refractivity contribution >= 4 is 17.5 Å². The molecule has 1 N–H and O–H groups in total. The minimum Gasteiger partial charge on any atom is -0.496 e. The van der Waals surface area contributed by atoms with Crippen molar-refractivity contribution < 1.29 is 14.3 Å². The molecule has 5 heteroatoms. The molecule has 5 nitrogen and oxygen atoms in total. The lowest BCUT2D eigenvalue weighted by Gasteiger charge is -2.37. The lowest BCUT2D eigenvalue weighted by atomic mass is 10.0. The average molecular weight is 340 g/mol. The highest BCUT2D eigenvalue weighted by molar-refractivity contribution is 5.94. The number of carbonyl (C=O) groups is 1. The van der Waals surface area contributed by atoms with Crippen molar-refractivity contribution in [1.82, 2.24) is 0 Å². The Morgan fingerprint density at radius 1 is 1.12 bits per heavy atom. The van der Waals surface area contributed by atoms with Gasteiger partial charge in [0.1, 0.15) is 11.4 Å². The molecule has 0 unspecified atom stereocenters. The van der Waals surface area contributed by atoms with Gasteiger partial charge in [-0.25, -0.2) is 4.79 Å². The molecule has 1 aliphatic rings. The van der Waals surface area contributed by atoms with Crippen LogP contribution in [0.25, 0.3) is 0 Å². The van der Waals surface area contributed by atoms with E-state index in [4.69, 9.17) is 9.47 Å². The van der Waals surface area contributed by atoms with E-state index in [9.17, 15) is 4.79 Å². The van der Waals surface area contributed by atoms with E-state index < -0.39 is 5.60 Å². The standard InChI is InChI=1S/C20H24N2O3/c1-20(2,3)25-19(23)22-13-16(14-9-5-8-12-18(14)24-4)21-15-10-6-7-11-17(15)22/h5-12,16,21H,13H2,1-4H3/t16-/m1/s1. The lowest BCUT2D eigenvalue weighted by molar-refractivity contribution is 0.0577. The van der Waals surface area contributed by atoms with E-state index in [2.05, 4.69) is 5.32 Å². The Balaban J connectivity index is 1.97. The Bertz CT molecular complexity index is 768. The number of carbonyl (C=O) groups excluding carboxylic acids is 1. The van der Waals surface area contributed by atoms with Crippen LogP contribution in [0.3, 0.4) is 0 Å². The summed E-state index contributed by atoms with van der Waals surface area (Å²) >= 11 is 0. The zero-order valence-corrected chi connectivity index (χ0v) is 15.1. The zero-order chi connectivity index (χ0) is 18.0. The molecule has 25 heavy (non-hydrogen) atoms. The van der Waals surface area contributed by atoms with Crippen molar-refractivity contribution in [3.8, 4) is 5.75 Å². The highest BCUT2D eigenvalue weighted by Gasteiger charge is 2.32. The summed E-state index contributed by atoms with van der Waals surface area (Å²) in [5.41, 5.74) is 2.18. The van der Waals surface area contributed by atoms with E-state index in [1.807, 2.05) is 69.3 Å². The second-order valence-corrected chi connectivity index (χ2v) is 7.05. The molecule has 1 amide bonds. The molecule has 1 heterocycles. The first-order chi connectivity index (χ1) is 11.9. The van der Waals surface area contributed by atoms with Crippen LogP contribution in [0.1, 0.15) is 32.4 Å². The first kappa shape index (κ1) is 17.1. The fourth-order valence-corrected chi connectivity index (χ4v) is 2.97. The molecular weight excluding hydrogens is 316 g/mol. The minimum atomic E-state index is -0.545. The Hall–Kier alpha value is -2.69. The van der Waals surface area contributed by atoms with Crippen LogP contribution in [-0.4, -0.2) is 25.3 Å². The quantitative estimate of drug-likeness (QED) is 0.868. The maximum absolute atomic E-state index is 12.8. The van der Waals surface area contributed by atoms with Gasteiger partial charge >= 0.3 is 6.09 Å². The van der Waals surface area contributed by atoms with E-state index in [0.717, 1.165) is 22.7 Å². The molecule has 0 radical (unpaired) electrons. The van der Waals surface area contributed by atoms with Gasteiger partial charge in [0.25, 0.3) is 0 Å². The minimum absolute atomic E-state index is 0.0847. The molecule has 2 aromatic carbocycles. The predicted molar refractivity (Wildman–Crippen MR) is 99.4 cm³/mol. The van der Waals surface area contributed by atoms with E-state index in [1.54, 1.807) is 12.0 Å². The van der Waals surface area contributed by atoms with Crippen LogP contribution < -0.4 is 15.0 Å². The van der Waals surface area contributed by atoms with Crippen LogP contribution in [0.4, 0.5) is 16.2 Å². The van der Waals surface area contributed by atoms with Gasteiger partial charge in [0.05, 0.1) is 31.1 Å². The van der Waals surface area contributed by atoms with Crippen LogP contribution in [0.5, 0.6) is 5.75 Å². The summed E-state index contributed by atoms with van der Waals surface area (Å²) < 4.78 is 11.1. The van der Waals surface area contributed by atoms with E-state index in [1.165, 1.54) is 0 Å². The number of benzene rings is 2. The second kappa shape index (κ2) is 6.67. The number of hydrogen-bond donors (Lipinski definition) is 1. The number of hydrogen-bond acceptors (Lipinski definition) is 4. The van der Waals surface area contributed by atoms with Gasteiger partial charge in [0, 0.05) is 5.56 Å². The number of nitrogens with zero attached hydrogens (tertiary/aromatic N) is 1. The Labute approximate surface area is 148 Å². The third kappa shape index (κ3) is 3.71. The van der Waals surface area contributed by atoms with Gasteiger partial charge in [-0.2, -0.15) is 0 Å². The summed E-state index contributed by atoms with van der Waals surface area (Å²) in [6.07, 6.45) is -0.346. The maximum atomic E-state index is 12.8. The number of methoxy groups -OCH3 is 1. The van der Waals surface area contributed by atoms with Gasteiger partial charge in [-0.15, -0.1) is 0 Å². The van der Waals surface area contributed by atoms with Gasteiger partial charge in [0.2, 0.25) is 0 Å². The van der Waals surface area contributed by atoms with Crippen molar-refractivity contribution in [2.75, 3.05) is 23.9 Å². The normalized spacial score (nSPS) is 16.6. The highest BCUT2D eigenvalue weighted by atomic mass is 16.6.